The summed E-state index contributed by atoms with van der Waals surface area (Å²) in [5, 5.41) is 1.50. The highest BCUT2D eigenvalue weighted by Gasteiger charge is 2.38. The smallest absolute Gasteiger partial charge is 0.275 e. The molecule has 4 nitrogen and oxygen atoms in total. The van der Waals surface area contributed by atoms with Crippen LogP contribution in [0.1, 0.15) is 24.4 Å². The fraction of sp³-hybridized carbons (Fsp3) is 0.462. The second-order valence-corrected chi connectivity index (χ2v) is 4.36. The van der Waals surface area contributed by atoms with Crippen molar-refractivity contribution in [3.8, 4) is 0 Å². The average molecular weight is 233 g/mol. The number of hydrogen-bond acceptors (Lipinski definition) is 3. The second kappa shape index (κ2) is 4.47. The quantitative estimate of drug-likeness (QED) is 0.780. The highest BCUT2D eigenvalue weighted by Crippen LogP contribution is 2.32. The van der Waals surface area contributed by atoms with Gasteiger partial charge in [0.25, 0.3) is 5.91 Å². The van der Waals surface area contributed by atoms with Gasteiger partial charge in [-0.2, -0.15) is 0 Å². The summed E-state index contributed by atoms with van der Waals surface area (Å²) in [6.07, 6.45) is 1.36. The van der Waals surface area contributed by atoms with E-state index in [1.165, 1.54) is 5.06 Å². The summed E-state index contributed by atoms with van der Waals surface area (Å²) in [5.41, 5.74) is 1.12. The van der Waals surface area contributed by atoms with Crippen molar-refractivity contribution < 1.29 is 14.4 Å². The number of ether oxygens (including phenoxy) is 1. The molecule has 0 radical (unpaired) electrons. The maximum absolute atomic E-state index is 12.1. The molecule has 2 fully saturated rings. The van der Waals surface area contributed by atoms with Crippen LogP contribution < -0.4 is 0 Å². The van der Waals surface area contributed by atoms with E-state index in [2.05, 4.69) is 0 Å². The molecule has 0 saturated carbocycles. The Balaban J connectivity index is 1.77. The zero-order valence-corrected chi connectivity index (χ0v) is 9.54. The van der Waals surface area contributed by atoms with Gasteiger partial charge in [0.1, 0.15) is 6.10 Å². The van der Waals surface area contributed by atoms with Crippen molar-refractivity contribution in [1.29, 1.82) is 0 Å². The zero-order valence-electron chi connectivity index (χ0n) is 9.54. The largest absolute Gasteiger partial charge is 0.368 e. The first-order chi connectivity index (χ1) is 8.36. The van der Waals surface area contributed by atoms with Crippen LogP contribution in [0.4, 0.5) is 0 Å². The third-order valence-electron chi connectivity index (χ3n) is 3.28. The Labute approximate surface area is 100 Å². The summed E-state index contributed by atoms with van der Waals surface area (Å²) >= 11 is 0. The van der Waals surface area contributed by atoms with Gasteiger partial charge in [-0.3, -0.25) is 9.63 Å². The van der Waals surface area contributed by atoms with Crippen molar-refractivity contribution in [1.82, 2.24) is 5.06 Å². The van der Waals surface area contributed by atoms with Gasteiger partial charge in [0.15, 0.2) is 0 Å². The molecule has 1 aromatic rings. The summed E-state index contributed by atoms with van der Waals surface area (Å²) in [4.78, 5) is 17.5. The van der Waals surface area contributed by atoms with Crippen molar-refractivity contribution in [2.75, 3.05) is 13.2 Å². The van der Waals surface area contributed by atoms with Crippen LogP contribution in [0.5, 0.6) is 0 Å². The Kier molecular flexibility index (Phi) is 2.82. The maximum Gasteiger partial charge on any atom is 0.275 e. The van der Waals surface area contributed by atoms with Gasteiger partial charge in [0.2, 0.25) is 0 Å². The molecule has 0 spiro atoms. The molecule has 0 N–H and O–H groups in total. The van der Waals surface area contributed by atoms with Crippen LogP contribution in [-0.4, -0.2) is 30.3 Å². The molecule has 0 aliphatic carbocycles. The van der Waals surface area contributed by atoms with E-state index < -0.39 is 0 Å². The molecule has 2 aliphatic rings. The maximum atomic E-state index is 12.1. The number of amides is 1. The summed E-state index contributed by atoms with van der Waals surface area (Å²) in [5.74, 6) is -0.0393. The Morgan fingerprint density at radius 3 is 2.59 bits per heavy atom. The highest BCUT2D eigenvalue weighted by molar-refractivity contribution is 5.81. The normalized spacial score (nSPS) is 27.9. The first kappa shape index (κ1) is 10.7. The number of carbonyl (C=O) groups excluding carboxylic acids is 1. The molecule has 2 aliphatic heterocycles. The molecule has 3 rings (SSSR count). The van der Waals surface area contributed by atoms with E-state index >= 15 is 0 Å². The van der Waals surface area contributed by atoms with E-state index in [1.807, 2.05) is 30.3 Å². The first-order valence-corrected chi connectivity index (χ1v) is 5.99. The van der Waals surface area contributed by atoms with Crippen LogP contribution in [0.15, 0.2) is 30.3 Å². The third-order valence-corrected chi connectivity index (χ3v) is 3.28. The van der Waals surface area contributed by atoms with Gasteiger partial charge in [-0.15, -0.1) is 0 Å². The minimum absolute atomic E-state index is 0.0351. The number of rotatable bonds is 2. The predicted octanol–water partition coefficient (Wildman–Crippen LogP) is 1.68. The zero-order chi connectivity index (χ0) is 11.7. The lowest BCUT2D eigenvalue weighted by Crippen LogP contribution is -2.44. The van der Waals surface area contributed by atoms with Crippen LogP contribution in [0.2, 0.25) is 0 Å². The summed E-state index contributed by atoms with van der Waals surface area (Å²) in [7, 11) is 0. The van der Waals surface area contributed by atoms with Crippen LogP contribution in [0, 0.1) is 0 Å². The van der Waals surface area contributed by atoms with Gasteiger partial charge in [0, 0.05) is 12.8 Å². The van der Waals surface area contributed by atoms with Crippen LogP contribution in [0.25, 0.3) is 0 Å². The van der Waals surface area contributed by atoms with Gasteiger partial charge >= 0.3 is 0 Å². The monoisotopic (exact) mass is 233 g/mol. The SMILES string of the molecule is O=C(C1CCO1)N1OCC[C@H]1c1ccccc1. The highest BCUT2D eigenvalue weighted by atomic mass is 16.7. The Hall–Kier alpha value is -1.39. The summed E-state index contributed by atoms with van der Waals surface area (Å²) in [6, 6.07) is 10.0. The summed E-state index contributed by atoms with van der Waals surface area (Å²) in [6.45, 7) is 1.28. The molecule has 17 heavy (non-hydrogen) atoms. The minimum Gasteiger partial charge on any atom is -0.368 e. The second-order valence-electron chi connectivity index (χ2n) is 4.36. The standard InChI is InChI=1S/C13H15NO3/c15-13(12-7-8-16-12)14-11(6-9-17-14)10-4-2-1-3-5-10/h1-5,11-12H,6-9H2/t11-,12?/m0/s1. The van der Waals surface area contributed by atoms with E-state index in [0.29, 0.717) is 13.2 Å². The van der Waals surface area contributed by atoms with E-state index in [4.69, 9.17) is 9.57 Å². The van der Waals surface area contributed by atoms with Crippen LogP contribution in [0.3, 0.4) is 0 Å². The average Bonchev–Trinajstić information content (AvgIpc) is 2.76. The minimum atomic E-state index is -0.292. The molecule has 4 heteroatoms. The van der Waals surface area contributed by atoms with Crippen molar-refractivity contribution in [2.24, 2.45) is 0 Å². The van der Waals surface area contributed by atoms with Crippen LogP contribution >= 0.6 is 0 Å². The molecule has 0 bridgehead atoms. The fourth-order valence-electron chi connectivity index (χ4n) is 2.24. The molecule has 2 saturated heterocycles. The fourth-order valence-corrected chi connectivity index (χ4v) is 2.24. The molecule has 90 valence electrons. The number of hydrogen-bond donors (Lipinski definition) is 0. The Morgan fingerprint density at radius 2 is 1.94 bits per heavy atom. The lowest BCUT2D eigenvalue weighted by molar-refractivity contribution is -0.198. The van der Waals surface area contributed by atoms with Crippen molar-refractivity contribution in [3.05, 3.63) is 35.9 Å². The van der Waals surface area contributed by atoms with Crippen molar-refractivity contribution in [3.63, 3.8) is 0 Å². The molecule has 1 unspecified atom stereocenters. The Morgan fingerprint density at radius 1 is 1.18 bits per heavy atom. The van der Waals surface area contributed by atoms with E-state index in [-0.39, 0.29) is 18.1 Å². The predicted molar refractivity (Wildman–Crippen MR) is 61.0 cm³/mol. The lowest BCUT2D eigenvalue weighted by atomic mass is 10.0. The van der Waals surface area contributed by atoms with Crippen molar-refractivity contribution in [2.45, 2.75) is 25.0 Å². The summed E-state index contributed by atoms with van der Waals surface area (Å²) < 4.78 is 5.22. The third kappa shape index (κ3) is 1.94. The van der Waals surface area contributed by atoms with Gasteiger partial charge in [0.05, 0.1) is 19.3 Å². The molecule has 0 aromatic heterocycles. The molecular weight excluding hydrogens is 218 g/mol. The Bertz CT molecular complexity index is 402. The van der Waals surface area contributed by atoms with Crippen molar-refractivity contribution >= 4 is 5.91 Å². The number of carbonyl (C=O) groups is 1. The van der Waals surface area contributed by atoms with E-state index in [0.717, 1.165) is 18.4 Å². The topological polar surface area (TPSA) is 38.8 Å². The lowest BCUT2D eigenvalue weighted by Gasteiger charge is -2.31. The van der Waals surface area contributed by atoms with Gasteiger partial charge in [-0.1, -0.05) is 30.3 Å². The molecule has 1 aromatic carbocycles. The number of benzene rings is 1. The molecular formula is C13H15NO3. The molecule has 2 heterocycles. The number of nitrogens with zero attached hydrogens (tertiary/aromatic N) is 1. The van der Waals surface area contributed by atoms with Crippen LogP contribution in [-0.2, 0) is 14.4 Å². The van der Waals surface area contributed by atoms with Gasteiger partial charge < -0.3 is 4.74 Å². The van der Waals surface area contributed by atoms with E-state index in [1.54, 1.807) is 0 Å². The van der Waals surface area contributed by atoms with Gasteiger partial charge in [-0.05, 0) is 5.56 Å². The molecule has 2 atom stereocenters. The first-order valence-electron chi connectivity index (χ1n) is 5.99. The van der Waals surface area contributed by atoms with E-state index in [9.17, 15) is 4.79 Å². The van der Waals surface area contributed by atoms with Gasteiger partial charge in [-0.25, -0.2) is 5.06 Å². The molecule has 1 amide bonds. The number of hydroxylamine groups is 2.